The summed E-state index contributed by atoms with van der Waals surface area (Å²) in [6.45, 7) is 5.49. The van der Waals surface area contributed by atoms with E-state index in [0.717, 1.165) is 19.6 Å². The summed E-state index contributed by atoms with van der Waals surface area (Å²) in [6, 6.07) is 4.87. The molecule has 20 heavy (non-hydrogen) atoms. The molecule has 0 aromatic heterocycles. The molecular formula is C14H21ClFN3O. The minimum absolute atomic E-state index is 0.0490. The van der Waals surface area contributed by atoms with Crippen LogP contribution in [0.2, 0.25) is 5.02 Å². The zero-order valence-corrected chi connectivity index (χ0v) is 12.4. The maximum Gasteiger partial charge on any atom is 0.145 e. The first kappa shape index (κ1) is 15.7. The number of rotatable bonds is 5. The van der Waals surface area contributed by atoms with Gasteiger partial charge in [-0.1, -0.05) is 30.7 Å². The second-order valence-corrected chi connectivity index (χ2v) is 5.40. The van der Waals surface area contributed by atoms with E-state index >= 15 is 0 Å². The Balaban J connectivity index is 2.06. The minimum Gasteiger partial charge on any atom is -0.374 e. The van der Waals surface area contributed by atoms with Crippen molar-refractivity contribution < 1.29 is 9.13 Å². The molecule has 2 unspecified atom stereocenters. The van der Waals surface area contributed by atoms with Crippen molar-refractivity contribution in [1.82, 2.24) is 10.3 Å². The molecule has 1 aromatic rings. The van der Waals surface area contributed by atoms with Gasteiger partial charge in [0.1, 0.15) is 5.82 Å². The van der Waals surface area contributed by atoms with Gasteiger partial charge in [0.15, 0.2) is 0 Å². The Kier molecular flexibility index (Phi) is 5.74. The average molecular weight is 302 g/mol. The fourth-order valence-electron chi connectivity index (χ4n) is 2.50. The molecule has 0 spiro atoms. The number of nitrogens with one attached hydrogen (secondary N) is 1. The summed E-state index contributed by atoms with van der Waals surface area (Å²) in [6.07, 6.45) is 0.401. The molecule has 0 radical (unpaired) electrons. The molecule has 1 fully saturated rings. The summed E-state index contributed by atoms with van der Waals surface area (Å²) in [5, 5.41) is 0.137. The van der Waals surface area contributed by atoms with Crippen molar-refractivity contribution in [3.63, 3.8) is 0 Å². The standard InChI is InChI=1S/C14H21ClFN3O/c1-2-19-6-7-20-13(9-19)12(18-17)8-10-4-3-5-11(15)14(10)16/h3-5,12-13,18H,2,6-9,17H2,1H3. The van der Waals surface area contributed by atoms with Gasteiger partial charge in [-0.25, -0.2) is 4.39 Å². The van der Waals surface area contributed by atoms with Crippen molar-refractivity contribution in [3.05, 3.63) is 34.6 Å². The lowest BCUT2D eigenvalue weighted by Crippen LogP contribution is -2.54. The van der Waals surface area contributed by atoms with Gasteiger partial charge in [-0.05, 0) is 24.6 Å². The SMILES string of the molecule is CCN1CCOC(C(Cc2cccc(Cl)c2F)NN)C1. The lowest BCUT2D eigenvalue weighted by atomic mass is 10.00. The zero-order valence-electron chi connectivity index (χ0n) is 11.6. The number of nitrogens with zero attached hydrogens (tertiary/aromatic N) is 1. The van der Waals surface area contributed by atoms with Crippen molar-refractivity contribution in [1.29, 1.82) is 0 Å². The van der Waals surface area contributed by atoms with Gasteiger partial charge >= 0.3 is 0 Å². The highest BCUT2D eigenvalue weighted by molar-refractivity contribution is 6.30. The van der Waals surface area contributed by atoms with Crippen LogP contribution in [0.4, 0.5) is 4.39 Å². The molecule has 3 N–H and O–H groups in total. The van der Waals surface area contributed by atoms with Gasteiger partial charge in [-0.15, -0.1) is 0 Å². The lowest BCUT2D eigenvalue weighted by molar-refractivity contribution is -0.0448. The Labute approximate surface area is 124 Å². The van der Waals surface area contributed by atoms with E-state index in [1.807, 2.05) is 0 Å². The minimum atomic E-state index is -0.377. The van der Waals surface area contributed by atoms with E-state index in [0.29, 0.717) is 18.6 Å². The van der Waals surface area contributed by atoms with Crippen LogP contribution in [0.15, 0.2) is 18.2 Å². The predicted octanol–water partition coefficient (Wildman–Crippen LogP) is 1.57. The molecule has 2 atom stereocenters. The molecule has 1 saturated heterocycles. The van der Waals surface area contributed by atoms with Crippen molar-refractivity contribution in [3.8, 4) is 0 Å². The van der Waals surface area contributed by atoms with Crippen LogP contribution in [0.25, 0.3) is 0 Å². The van der Waals surface area contributed by atoms with Gasteiger partial charge in [0, 0.05) is 13.1 Å². The van der Waals surface area contributed by atoms with Gasteiger partial charge in [0.2, 0.25) is 0 Å². The predicted molar refractivity (Wildman–Crippen MR) is 78.1 cm³/mol. The Morgan fingerprint density at radius 1 is 1.60 bits per heavy atom. The van der Waals surface area contributed by atoms with Crippen LogP contribution in [0.1, 0.15) is 12.5 Å². The molecule has 0 aliphatic carbocycles. The molecule has 0 bridgehead atoms. The first-order chi connectivity index (χ1) is 9.65. The Morgan fingerprint density at radius 3 is 3.10 bits per heavy atom. The quantitative estimate of drug-likeness (QED) is 0.640. The average Bonchev–Trinajstić information content (AvgIpc) is 2.49. The van der Waals surface area contributed by atoms with Crippen LogP contribution in [-0.2, 0) is 11.2 Å². The third-order valence-electron chi connectivity index (χ3n) is 3.76. The molecule has 112 valence electrons. The number of hydrogen-bond donors (Lipinski definition) is 2. The van der Waals surface area contributed by atoms with Crippen molar-refractivity contribution in [2.75, 3.05) is 26.2 Å². The molecule has 0 saturated carbocycles. The maximum absolute atomic E-state index is 14.0. The van der Waals surface area contributed by atoms with Crippen molar-refractivity contribution >= 4 is 11.6 Å². The van der Waals surface area contributed by atoms with Gasteiger partial charge < -0.3 is 4.74 Å². The second kappa shape index (κ2) is 7.33. The van der Waals surface area contributed by atoms with E-state index in [1.165, 1.54) is 0 Å². The summed E-state index contributed by atoms with van der Waals surface area (Å²) in [5.41, 5.74) is 3.30. The Morgan fingerprint density at radius 2 is 2.40 bits per heavy atom. The molecule has 1 aliphatic heterocycles. The zero-order chi connectivity index (χ0) is 14.5. The Bertz CT molecular complexity index is 446. The summed E-state index contributed by atoms with van der Waals surface area (Å²) in [4.78, 5) is 2.30. The molecule has 1 aliphatic rings. The van der Waals surface area contributed by atoms with Crippen molar-refractivity contribution in [2.45, 2.75) is 25.5 Å². The largest absolute Gasteiger partial charge is 0.374 e. The van der Waals surface area contributed by atoms with E-state index in [-0.39, 0.29) is 23.0 Å². The third kappa shape index (κ3) is 3.68. The van der Waals surface area contributed by atoms with E-state index in [1.54, 1.807) is 18.2 Å². The second-order valence-electron chi connectivity index (χ2n) is 4.99. The maximum atomic E-state index is 14.0. The number of ether oxygens (including phenoxy) is 1. The lowest BCUT2D eigenvalue weighted by Gasteiger charge is -2.36. The van der Waals surface area contributed by atoms with E-state index < -0.39 is 0 Å². The van der Waals surface area contributed by atoms with Crippen LogP contribution < -0.4 is 11.3 Å². The monoisotopic (exact) mass is 301 g/mol. The summed E-state index contributed by atoms with van der Waals surface area (Å²) < 4.78 is 19.7. The number of hydrazine groups is 1. The molecule has 1 aromatic carbocycles. The van der Waals surface area contributed by atoms with Gasteiger partial charge in [-0.2, -0.15) is 0 Å². The molecular weight excluding hydrogens is 281 g/mol. The number of benzene rings is 1. The molecule has 1 heterocycles. The molecule has 6 heteroatoms. The van der Waals surface area contributed by atoms with Gasteiger partial charge in [0.05, 0.1) is 23.8 Å². The molecule has 4 nitrogen and oxygen atoms in total. The van der Waals surface area contributed by atoms with Gasteiger partial charge in [-0.3, -0.25) is 16.2 Å². The van der Waals surface area contributed by atoms with Crippen LogP contribution in [0, 0.1) is 5.82 Å². The smallest absolute Gasteiger partial charge is 0.145 e. The first-order valence-electron chi connectivity index (χ1n) is 6.88. The highest BCUT2D eigenvalue weighted by Crippen LogP contribution is 2.20. The van der Waals surface area contributed by atoms with E-state index in [9.17, 15) is 4.39 Å². The number of hydrogen-bond acceptors (Lipinski definition) is 4. The number of halogens is 2. The highest BCUT2D eigenvalue weighted by atomic mass is 35.5. The first-order valence-corrected chi connectivity index (χ1v) is 7.26. The van der Waals surface area contributed by atoms with Crippen LogP contribution in [-0.4, -0.2) is 43.3 Å². The highest BCUT2D eigenvalue weighted by Gasteiger charge is 2.27. The normalized spacial score (nSPS) is 21.9. The van der Waals surface area contributed by atoms with Crippen LogP contribution in [0.5, 0.6) is 0 Å². The van der Waals surface area contributed by atoms with Crippen LogP contribution >= 0.6 is 11.6 Å². The summed E-state index contributed by atoms with van der Waals surface area (Å²) in [5.74, 6) is 5.25. The van der Waals surface area contributed by atoms with E-state index in [4.69, 9.17) is 22.2 Å². The topological polar surface area (TPSA) is 50.5 Å². The summed E-state index contributed by atoms with van der Waals surface area (Å²) >= 11 is 5.81. The molecule has 0 amide bonds. The summed E-state index contributed by atoms with van der Waals surface area (Å²) in [7, 11) is 0. The fourth-order valence-corrected chi connectivity index (χ4v) is 2.70. The van der Waals surface area contributed by atoms with Crippen LogP contribution in [0.3, 0.4) is 0 Å². The molecule has 2 rings (SSSR count). The number of likely N-dealkylation sites (N-methyl/N-ethyl adjacent to an activating group) is 1. The van der Waals surface area contributed by atoms with Crippen molar-refractivity contribution in [2.24, 2.45) is 5.84 Å². The van der Waals surface area contributed by atoms with E-state index in [2.05, 4.69) is 17.2 Å². The third-order valence-corrected chi connectivity index (χ3v) is 4.05. The fraction of sp³-hybridized carbons (Fsp3) is 0.571. The Hall–Kier alpha value is -0.720. The number of nitrogens with two attached hydrogens (primary N) is 1. The number of morpholine rings is 1. The van der Waals surface area contributed by atoms with Gasteiger partial charge in [0.25, 0.3) is 0 Å².